The highest BCUT2D eigenvalue weighted by Gasteiger charge is 2.89. The first-order valence-corrected chi connectivity index (χ1v) is 16.5. The van der Waals surface area contributed by atoms with E-state index < -0.39 is 70.7 Å². The normalized spacial score (nSPS) is 47.2. The molecule has 1 aromatic rings. The first-order valence-electron chi connectivity index (χ1n) is 16.5. The van der Waals surface area contributed by atoms with Crippen molar-refractivity contribution >= 4 is 17.9 Å². The fraction of sp³-hybridized carbons (Fsp3) is 0.735. The zero-order valence-corrected chi connectivity index (χ0v) is 26.8. The number of hydrogen-bond acceptors (Lipinski definition) is 12. The Hall–Kier alpha value is -2.93. The molecule has 0 aromatic heterocycles. The van der Waals surface area contributed by atoms with E-state index in [2.05, 4.69) is 11.8 Å². The molecule has 12 nitrogen and oxygen atoms in total. The molecule has 12 heteroatoms. The molecule has 1 aromatic carbocycles. The van der Waals surface area contributed by atoms with Crippen LogP contribution >= 0.6 is 0 Å². The number of ether oxygens (including phenoxy) is 6. The molecule has 5 aliphatic carbocycles. The Labute approximate surface area is 267 Å². The minimum absolute atomic E-state index is 0.154. The highest BCUT2D eigenvalue weighted by atomic mass is 16.6. The van der Waals surface area contributed by atoms with Crippen LogP contribution < -0.4 is 9.47 Å². The number of benzene rings is 1. The molecule has 8 rings (SSSR count). The molecule has 2 saturated heterocycles. The average Bonchev–Trinajstić information content (AvgIpc) is 3.62. The second-order valence-electron chi connectivity index (χ2n) is 14.7. The monoisotopic (exact) mass is 641 g/mol. The second kappa shape index (κ2) is 10.0. The third kappa shape index (κ3) is 3.56. The van der Waals surface area contributed by atoms with Crippen molar-refractivity contribution in [2.75, 3.05) is 33.9 Å². The first kappa shape index (κ1) is 30.4. The highest BCUT2D eigenvalue weighted by Crippen LogP contribution is 2.81. The van der Waals surface area contributed by atoms with E-state index in [1.807, 2.05) is 0 Å². The Morgan fingerprint density at radius 3 is 2.43 bits per heavy atom. The van der Waals surface area contributed by atoms with Gasteiger partial charge in [0, 0.05) is 73.8 Å². The Bertz CT molecular complexity index is 1480. The molecule has 0 amide bonds. The summed E-state index contributed by atoms with van der Waals surface area (Å²) in [6, 6.07) is 4.61. The highest BCUT2D eigenvalue weighted by molar-refractivity contribution is 5.90. The van der Waals surface area contributed by atoms with Crippen molar-refractivity contribution in [2.24, 2.45) is 40.4 Å². The summed E-state index contributed by atoms with van der Waals surface area (Å²) in [5, 5.41) is 25.5. The van der Waals surface area contributed by atoms with Gasteiger partial charge in [-0.05, 0) is 37.1 Å². The number of aliphatic hydroxyl groups excluding tert-OH is 1. The number of fused-ring (bicyclic) bond motifs is 3. The summed E-state index contributed by atoms with van der Waals surface area (Å²) in [6.45, 7) is 6.54. The number of piperidine rings is 1. The van der Waals surface area contributed by atoms with Crippen LogP contribution in [0.3, 0.4) is 0 Å². The molecule has 7 bridgehead atoms. The summed E-state index contributed by atoms with van der Waals surface area (Å²) < 4.78 is 35.7. The van der Waals surface area contributed by atoms with Crippen molar-refractivity contribution in [2.45, 2.75) is 82.2 Å². The first-order chi connectivity index (χ1) is 22.0. The van der Waals surface area contributed by atoms with E-state index in [0.29, 0.717) is 37.6 Å². The van der Waals surface area contributed by atoms with Crippen molar-refractivity contribution in [3.05, 3.63) is 23.8 Å². The van der Waals surface area contributed by atoms with Crippen molar-refractivity contribution in [1.82, 2.24) is 4.90 Å². The Morgan fingerprint density at radius 1 is 1.02 bits per heavy atom. The van der Waals surface area contributed by atoms with Crippen LogP contribution in [0.1, 0.15) is 50.4 Å². The molecule has 1 unspecified atom stereocenters. The van der Waals surface area contributed by atoms with Crippen molar-refractivity contribution in [1.29, 1.82) is 0 Å². The lowest BCUT2D eigenvalue weighted by Crippen LogP contribution is -2.78. The molecule has 2 N–H and O–H groups in total. The standard InChI is InChI=1S/C34H43NO11/c1-6-35-13-32-14-43-28-26-30(35)34(29(28)32,23(38)11-24(32)45-16(3)37)19-10-18-22(44-15(2)36)12-33(26,40)25(19)27(18)46-31(39)17-7-8-20(41-4)21(9-17)42-5/h7-9,18-19,22-30,38,40H,6,10-14H2,1-5H3/t18-,19-,22+,23+,24-,25-,26-,27+,28+,29-,30?,32+,33-,34+/m1/s1. The van der Waals surface area contributed by atoms with E-state index in [1.54, 1.807) is 18.2 Å². The van der Waals surface area contributed by atoms with Gasteiger partial charge >= 0.3 is 17.9 Å². The van der Waals surface area contributed by atoms with E-state index in [-0.39, 0.29) is 48.2 Å². The maximum absolute atomic E-state index is 13.8. The van der Waals surface area contributed by atoms with Crippen molar-refractivity contribution in [3.63, 3.8) is 0 Å². The summed E-state index contributed by atoms with van der Waals surface area (Å²) in [5.41, 5.74) is -2.38. The minimum atomic E-state index is -1.41. The molecule has 7 fully saturated rings. The van der Waals surface area contributed by atoms with Crippen LogP contribution in [-0.4, -0.2) is 109 Å². The Morgan fingerprint density at radius 2 is 1.76 bits per heavy atom. The lowest BCUT2D eigenvalue weighted by molar-refractivity contribution is -0.290. The Balaban J connectivity index is 1.25. The second-order valence-corrected chi connectivity index (χ2v) is 14.7. The number of nitrogens with zero attached hydrogens (tertiary/aromatic N) is 1. The number of likely N-dealkylation sites (tertiary alicyclic amines) is 1. The molecule has 14 atom stereocenters. The number of aliphatic hydroxyl groups is 2. The van der Waals surface area contributed by atoms with Crippen LogP contribution in [0.2, 0.25) is 0 Å². The number of hydrogen-bond donors (Lipinski definition) is 2. The fourth-order valence-corrected chi connectivity index (χ4v) is 12.3. The molecule has 250 valence electrons. The van der Waals surface area contributed by atoms with Crippen LogP contribution in [0.15, 0.2) is 18.2 Å². The van der Waals surface area contributed by atoms with Crippen molar-refractivity contribution < 1.29 is 53.0 Å². The maximum Gasteiger partial charge on any atom is 0.338 e. The molecule has 7 aliphatic rings. The van der Waals surface area contributed by atoms with E-state index >= 15 is 0 Å². The van der Waals surface area contributed by atoms with Gasteiger partial charge in [-0.15, -0.1) is 0 Å². The third-order valence-electron chi connectivity index (χ3n) is 13.2. The maximum atomic E-state index is 13.8. The predicted octanol–water partition coefficient (Wildman–Crippen LogP) is 1.58. The molecule has 46 heavy (non-hydrogen) atoms. The Kier molecular flexibility index (Phi) is 6.64. The fourth-order valence-electron chi connectivity index (χ4n) is 12.3. The zero-order valence-electron chi connectivity index (χ0n) is 26.8. The largest absolute Gasteiger partial charge is 0.493 e. The number of methoxy groups -OCH3 is 2. The van der Waals surface area contributed by atoms with Crippen LogP contribution in [-0.2, 0) is 28.5 Å². The summed E-state index contributed by atoms with van der Waals surface area (Å²) in [6.07, 6.45) is -2.23. The van der Waals surface area contributed by atoms with Gasteiger partial charge in [-0.1, -0.05) is 6.92 Å². The molecule has 5 saturated carbocycles. The number of esters is 3. The predicted molar refractivity (Wildman–Crippen MR) is 158 cm³/mol. The zero-order chi connectivity index (χ0) is 32.5. The SMILES string of the molecule is CCN1C[C@@]23CO[C@@H]4[C@H]2[C@@]2(C1[C@@H]4[C@@]1(O)C[C@H](OC(C)=O)[C@H]4C[C@@H]2[C@@H]1[C@H]4OC(=O)c1ccc(OC)c(OC)c1)[C@@H](O)C[C@H]3OC(C)=O. The van der Waals surface area contributed by atoms with Crippen molar-refractivity contribution in [3.8, 4) is 11.5 Å². The summed E-state index contributed by atoms with van der Waals surface area (Å²) in [4.78, 5) is 41.0. The van der Waals surface area contributed by atoms with Gasteiger partial charge < -0.3 is 38.6 Å². The molecule has 1 spiro atoms. The average molecular weight is 642 g/mol. The number of carbonyl (C=O) groups excluding carboxylic acids is 3. The van der Waals surface area contributed by atoms with Gasteiger partial charge in [-0.3, -0.25) is 14.5 Å². The molecule has 2 heterocycles. The van der Waals surface area contributed by atoms with Gasteiger partial charge in [0.1, 0.15) is 18.3 Å². The number of carbonyl (C=O) groups is 3. The van der Waals surface area contributed by atoms with E-state index in [1.165, 1.54) is 28.1 Å². The lowest BCUT2D eigenvalue weighted by Gasteiger charge is -2.69. The summed E-state index contributed by atoms with van der Waals surface area (Å²) >= 11 is 0. The third-order valence-corrected chi connectivity index (χ3v) is 13.2. The minimum Gasteiger partial charge on any atom is -0.493 e. The van der Waals surface area contributed by atoms with Gasteiger partial charge in [-0.2, -0.15) is 0 Å². The van der Waals surface area contributed by atoms with Gasteiger partial charge in [0.25, 0.3) is 0 Å². The van der Waals surface area contributed by atoms with Crippen LogP contribution in [0.25, 0.3) is 0 Å². The van der Waals surface area contributed by atoms with E-state index in [4.69, 9.17) is 28.4 Å². The van der Waals surface area contributed by atoms with Crippen LogP contribution in [0, 0.1) is 40.4 Å². The molecular weight excluding hydrogens is 598 g/mol. The summed E-state index contributed by atoms with van der Waals surface area (Å²) in [7, 11) is 3.01. The molecule has 2 aliphatic heterocycles. The van der Waals surface area contributed by atoms with Gasteiger partial charge in [-0.25, -0.2) is 4.79 Å². The molecular formula is C34H43NO11. The smallest absolute Gasteiger partial charge is 0.338 e. The molecule has 0 radical (unpaired) electrons. The topological polar surface area (TPSA) is 150 Å². The van der Waals surface area contributed by atoms with E-state index in [9.17, 15) is 24.6 Å². The van der Waals surface area contributed by atoms with Crippen LogP contribution in [0.4, 0.5) is 0 Å². The van der Waals surface area contributed by atoms with Gasteiger partial charge in [0.2, 0.25) is 0 Å². The van der Waals surface area contributed by atoms with Gasteiger partial charge in [0.15, 0.2) is 11.5 Å². The summed E-state index contributed by atoms with van der Waals surface area (Å²) in [5.74, 6) is -2.32. The van der Waals surface area contributed by atoms with E-state index in [0.717, 1.165) is 0 Å². The lowest BCUT2D eigenvalue weighted by atomic mass is 9.43. The van der Waals surface area contributed by atoms with Crippen LogP contribution in [0.5, 0.6) is 11.5 Å². The van der Waals surface area contributed by atoms with Gasteiger partial charge in [0.05, 0.1) is 44.2 Å². The number of rotatable bonds is 7. The quantitative estimate of drug-likeness (QED) is 0.329.